The Morgan fingerprint density at radius 3 is 1.97 bits per heavy atom. The van der Waals surface area contributed by atoms with Crippen molar-refractivity contribution in [3.8, 4) is 22.8 Å². The Morgan fingerprint density at radius 1 is 0.735 bits per heavy atom. The van der Waals surface area contributed by atoms with Crippen molar-refractivity contribution in [3.05, 3.63) is 79.1 Å². The second kappa shape index (κ2) is 10.1. The minimum absolute atomic E-state index is 0.333. The van der Waals surface area contributed by atoms with E-state index in [1.54, 1.807) is 24.5 Å². The summed E-state index contributed by atoms with van der Waals surface area (Å²) in [5, 5.41) is 5.59. The van der Waals surface area contributed by atoms with Crippen LogP contribution in [-0.2, 0) is 4.74 Å². The molecule has 1 aliphatic heterocycles. The van der Waals surface area contributed by atoms with Gasteiger partial charge in [0, 0.05) is 48.0 Å². The maximum absolute atomic E-state index is 12.3. The number of morpholine rings is 1. The van der Waals surface area contributed by atoms with E-state index in [1.165, 1.54) is 0 Å². The normalized spacial score (nSPS) is 13.4. The number of carbonyl (C=O) groups excluding carboxylic acids is 1. The molecule has 34 heavy (non-hydrogen) atoms. The zero-order valence-corrected chi connectivity index (χ0v) is 18.4. The van der Waals surface area contributed by atoms with Gasteiger partial charge in [-0.1, -0.05) is 30.3 Å². The SMILES string of the molecule is O=C(Nc1ccncc1)Nc1ccc(-c2nc(-c3ccccc3)nc(N3CCOCC3)n2)cc1. The molecular formula is C25H23N7O2. The van der Waals surface area contributed by atoms with Crippen LogP contribution in [0.5, 0.6) is 0 Å². The van der Waals surface area contributed by atoms with Crippen molar-refractivity contribution in [3.63, 3.8) is 0 Å². The van der Waals surface area contributed by atoms with E-state index in [2.05, 4.69) is 20.5 Å². The molecular weight excluding hydrogens is 430 g/mol. The number of anilines is 3. The molecule has 0 saturated carbocycles. The van der Waals surface area contributed by atoms with E-state index in [9.17, 15) is 4.79 Å². The van der Waals surface area contributed by atoms with Crippen LogP contribution in [0.4, 0.5) is 22.1 Å². The number of pyridine rings is 1. The quantitative estimate of drug-likeness (QED) is 0.469. The number of amides is 2. The highest BCUT2D eigenvalue weighted by atomic mass is 16.5. The second-order valence-corrected chi connectivity index (χ2v) is 7.64. The summed E-state index contributed by atoms with van der Waals surface area (Å²) >= 11 is 0. The van der Waals surface area contributed by atoms with Crippen LogP contribution in [0.25, 0.3) is 22.8 Å². The van der Waals surface area contributed by atoms with Crippen molar-refractivity contribution in [2.75, 3.05) is 41.8 Å². The third-order valence-corrected chi connectivity index (χ3v) is 5.29. The van der Waals surface area contributed by atoms with Gasteiger partial charge in [-0.15, -0.1) is 0 Å². The van der Waals surface area contributed by atoms with Gasteiger partial charge in [-0.25, -0.2) is 9.78 Å². The van der Waals surface area contributed by atoms with E-state index >= 15 is 0 Å². The Labute approximate surface area is 196 Å². The molecule has 0 aliphatic carbocycles. The molecule has 5 rings (SSSR count). The Bertz CT molecular complexity index is 1250. The lowest BCUT2D eigenvalue weighted by atomic mass is 10.2. The fourth-order valence-corrected chi connectivity index (χ4v) is 3.55. The predicted octanol–water partition coefficient (Wildman–Crippen LogP) is 4.08. The van der Waals surface area contributed by atoms with Crippen molar-refractivity contribution in [2.45, 2.75) is 0 Å². The van der Waals surface area contributed by atoms with Crippen molar-refractivity contribution in [2.24, 2.45) is 0 Å². The Kier molecular flexibility index (Phi) is 6.35. The predicted molar refractivity (Wildman–Crippen MR) is 131 cm³/mol. The summed E-state index contributed by atoms with van der Waals surface area (Å²) in [6.07, 6.45) is 3.24. The first-order chi connectivity index (χ1) is 16.7. The van der Waals surface area contributed by atoms with Crippen LogP contribution in [0.3, 0.4) is 0 Å². The lowest BCUT2D eigenvalue weighted by Gasteiger charge is -2.27. The van der Waals surface area contributed by atoms with Crippen LogP contribution in [0, 0.1) is 0 Å². The Hall–Kier alpha value is -4.37. The van der Waals surface area contributed by atoms with Crippen LogP contribution < -0.4 is 15.5 Å². The lowest BCUT2D eigenvalue weighted by Crippen LogP contribution is -2.37. The largest absolute Gasteiger partial charge is 0.378 e. The Morgan fingerprint density at radius 2 is 1.32 bits per heavy atom. The highest BCUT2D eigenvalue weighted by Gasteiger charge is 2.18. The van der Waals surface area contributed by atoms with Crippen molar-refractivity contribution in [1.82, 2.24) is 19.9 Å². The minimum atomic E-state index is -0.333. The lowest BCUT2D eigenvalue weighted by molar-refractivity contribution is 0.122. The maximum atomic E-state index is 12.3. The summed E-state index contributed by atoms with van der Waals surface area (Å²) in [5.41, 5.74) is 3.07. The number of hydrogen-bond donors (Lipinski definition) is 2. The minimum Gasteiger partial charge on any atom is -0.378 e. The third-order valence-electron chi connectivity index (χ3n) is 5.29. The zero-order valence-electron chi connectivity index (χ0n) is 18.4. The first-order valence-corrected chi connectivity index (χ1v) is 11.0. The topological polar surface area (TPSA) is 105 Å². The molecule has 2 aromatic heterocycles. The van der Waals surface area contributed by atoms with Gasteiger partial charge >= 0.3 is 6.03 Å². The molecule has 0 radical (unpaired) electrons. The molecule has 2 aromatic carbocycles. The average molecular weight is 454 g/mol. The molecule has 9 nitrogen and oxygen atoms in total. The van der Waals surface area contributed by atoms with Crippen LogP contribution >= 0.6 is 0 Å². The number of benzene rings is 2. The Balaban J connectivity index is 1.39. The fourth-order valence-electron chi connectivity index (χ4n) is 3.55. The number of urea groups is 1. The van der Waals surface area contributed by atoms with Crippen molar-refractivity contribution < 1.29 is 9.53 Å². The van der Waals surface area contributed by atoms with E-state index in [4.69, 9.17) is 19.7 Å². The summed E-state index contributed by atoms with van der Waals surface area (Å²) in [4.78, 5) is 32.5. The number of aromatic nitrogens is 4. The summed E-state index contributed by atoms with van der Waals surface area (Å²) in [7, 11) is 0. The molecule has 4 aromatic rings. The number of ether oxygens (including phenoxy) is 1. The number of nitrogens with one attached hydrogen (secondary N) is 2. The molecule has 9 heteroatoms. The highest BCUT2D eigenvalue weighted by Crippen LogP contribution is 2.24. The molecule has 0 spiro atoms. The first kappa shape index (κ1) is 21.5. The second-order valence-electron chi connectivity index (χ2n) is 7.64. The smallest absolute Gasteiger partial charge is 0.323 e. The standard InChI is InChI=1S/C25H23N7O2/c33-25(28-21-10-12-26-13-11-21)27-20-8-6-19(7-9-20)23-29-22(18-4-2-1-3-5-18)30-24(31-23)32-14-16-34-17-15-32/h1-13H,14-17H2,(H2,26,27,28,33). The molecule has 3 heterocycles. The van der Waals surface area contributed by atoms with Crippen LogP contribution in [-0.4, -0.2) is 52.3 Å². The van der Waals surface area contributed by atoms with E-state index in [0.29, 0.717) is 42.2 Å². The van der Waals surface area contributed by atoms with Gasteiger partial charge in [0.05, 0.1) is 13.2 Å². The number of carbonyl (C=O) groups is 1. The maximum Gasteiger partial charge on any atom is 0.323 e. The van der Waals surface area contributed by atoms with Gasteiger partial charge in [-0.3, -0.25) is 4.98 Å². The summed E-state index contributed by atoms with van der Waals surface area (Å²) < 4.78 is 5.48. The van der Waals surface area contributed by atoms with Gasteiger partial charge in [0.2, 0.25) is 5.95 Å². The first-order valence-electron chi connectivity index (χ1n) is 11.0. The van der Waals surface area contributed by atoms with Gasteiger partial charge in [-0.2, -0.15) is 9.97 Å². The zero-order chi connectivity index (χ0) is 23.2. The molecule has 2 amide bonds. The summed E-state index contributed by atoms with van der Waals surface area (Å²) in [5.74, 6) is 1.82. The molecule has 1 saturated heterocycles. The van der Waals surface area contributed by atoms with Crippen molar-refractivity contribution >= 4 is 23.4 Å². The van der Waals surface area contributed by atoms with Crippen LogP contribution in [0.15, 0.2) is 79.1 Å². The molecule has 2 N–H and O–H groups in total. The molecule has 0 bridgehead atoms. The van der Waals surface area contributed by atoms with E-state index in [1.807, 2.05) is 54.6 Å². The molecule has 1 fully saturated rings. The van der Waals surface area contributed by atoms with Crippen LogP contribution in [0.1, 0.15) is 0 Å². The van der Waals surface area contributed by atoms with Crippen LogP contribution in [0.2, 0.25) is 0 Å². The van der Waals surface area contributed by atoms with E-state index in [-0.39, 0.29) is 6.03 Å². The number of rotatable bonds is 5. The highest BCUT2D eigenvalue weighted by molar-refractivity contribution is 5.99. The monoisotopic (exact) mass is 453 g/mol. The average Bonchev–Trinajstić information content (AvgIpc) is 2.90. The fraction of sp³-hybridized carbons (Fsp3) is 0.160. The van der Waals surface area contributed by atoms with Crippen molar-refractivity contribution in [1.29, 1.82) is 0 Å². The molecule has 0 atom stereocenters. The van der Waals surface area contributed by atoms with E-state index in [0.717, 1.165) is 24.2 Å². The molecule has 170 valence electrons. The van der Waals surface area contributed by atoms with Gasteiger partial charge in [0.1, 0.15) is 0 Å². The molecule has 0 unspecified atom stereocenters. The van der Waals surface area contributed by atoms with Gasteiger partial charge in [-0.05, 0) is 36.4 Å². The van der Waals surface area contributed by atoms with E-state index < -0.39 is 0 Å². The van der Waals surface area contributed by atoms with Gasteiger partial charge in [0.25, 0.3) is 0 Å². The van der Waals surface area contributed by atoms with Gasteiger partial charge < -0.3 is 20.3 Å². The number of nitrogens with zero attached hydrogens (tertiary/aromatic N) is 5. The summed E-state index contributed by atoms with van der Waals surface area (Å²) in [6.45, 7) is 2.74. The summed E-state index contributed by atoms with van der Waals surface area (Å²) in [6, 6.07) is 20.4. The van der Waals surface area contributed by atoms with Gasteiger partial charge in [0.15, 0.2) is 11.6 Å². The number of hydrogen-bond acceptors (Lipinski definition) is 7. The third kappa shape index (κ3) is 5.16. The molecule has 1 aliphatic rings.